The molecule has 0 unspecified atom stereocenters. The van der Waals surface area contributed by atoms with E-state index in [1.807, 2.05) is 37.3 Å². The molecule has 0 aliphatic heterocycles. The van der Waals surface area contributed by atoms with Gasteiger partial charge in [0.25, 0.3) is 0 Å². The molecule has 0 bridgehead atoms. The number of aromatic amines is 1. The molecule has 4 rings (SSSR count). The zero-order valence-corrected chi connectivity index (χ0v) is 16.9. The lowest BCUT2D eigenvalue weighted by Crippen LogP contribution is -2.18. The van der Waals surface area contributed by atoms with Gasteiger partial charge in [-0.1, -0.05) is 18.2 Å². The van der Waals surface area contributed by atoms with Crippen molar-refractivity contribution < 1.29 is 4.79 Å². The summed E-state index contributed by atoms with van der Waals surface area (Å²) in [6.45, 7) is 4.78. The van der Waals surface area contributed by atoms with Crippen LogP contribution in [0.2, 0.25) is 0 Å². The lowest BCUT2D eigenvalue weighted by Gasteiger charge is -2.22. The van der Waals surface area contributed by atoms with E-state index in [-0.39, 0.29) is 12.3 Å². The van der Waals surface area contributed by atoms with E-state index in [2.05, 4.69) is 55.5 Å². The first-order valence-electron chi connectivity index (χ1n) is 9.73. The molecule has 0 radical (unpaired) electrons. The van der Waals surface area contributed by atoms with E-state index in [1.165, 1.54) is 0 Å². The Morgan fingerprint density at radius 3 is 2.83 bits per heavy atom. The van der Waals surface area contributed by atoms with Gasteiger partial charge in [-0.25, -0.2) is 4.98 Å². The lowest BCUT2D eigenvalue weighted by molar-refractivity contribution is -0.117. The molecule has 152 valence electrons. The smallest absolute Gasteiger partial charge is 0.229 e. The third-order valence-corrected chi connectivity index (χ3v) is 4.91. The number of rotatable bonds is 7. The molecule has 1 amide bonds. The Morgan fingerprint density at radius 1 is 1.20 bits per heavy atom. The highest BCUT2D eigenvalue weighted by molar-refractivity contribution is 5.85. The average Bonchev–Trinajstić information content (AvgIpc) is 3.10. The average molecular weight is 401 g/mol. The largest absolute Gasteiger partial charge is 0.369 e. The second kappa shape index (κ2) is 8.20. The van der Waals surface area contributed by atoms with Crippen LogP contribution in [-0.4, -0.2) is 32.6 Å². The van der Waals surface area contributed by atoms with E-state index in [9.17, 15) is 4.79 Å². The Kier molecular flexibility index (Phi) is 5.30. The Labute approximate surface area is 174 Å². The van der Waals surface area contributed by atoms with Crippen LogP contribution in [-0.2, 0) is 11.2 Å². The summed E-state index contributed by atoms with van der Waals surface area (Å²) < 4.78 is 0. The van der Waals surface area contributed by atoms with Gasteiger partial charge < -0.3 is 16.0 Å². The first-order valence-corrected chi connectivity index (χ1v) is 9.73. The minimum absolute atomic E-state index is 0.146. The van der Waals surface area contributed by atoms with Crippen LogP contribution in [0.25, 0.3) is 10.9 Å². The topological polar surface area (TPSA) is 113 Å². The molecule has 2 aromatic carbocycles. The van der Waals surface area contributed by atoms with Gasteiger partial charge in [0, 0.05) is 29.5 Å². The van der Waals surface area contributed by atoms with Crippen molar-refractivity contribution in [3.05, 3.63) is 66.0 Å². The molecule has 0 aliphatic carbocycles. The van der Waals surface area contributed by atoms with Crippen LogP contribution in [0.3, 0.4) is 0 Å². The van der Waals surface area contributed by atoms with E-state index in [0.717, 1.165) is 45.9 Å². The van der Waals surface area contributed by atoms with Gasteiger partial charge in [0.2, 0.25) is 11.9 Å². The zero-order chi connectivity index (χ0) is 21.1. The maximum absolute atomic E-state index is 11.4. The number of carbonyl (C=O) groups excluding carboxylic acids is 1. The minimum Gasteiger partial charge on any atom is -0.369 e. The second-order valence-electron chi connectivity index (χ2n) is 6.95. The minimum atomic E-state index is -0.388. The van der Waals surface area contributed by atoms with E-state index in [1.54, 1.807) is 6.20 Å². The Morgan fingerprint density at radius 2 is 2.03 bits per heavy atom. The SMILES string of the molecule is CCN(c1ccc2c(C)n[nH]c2c1)c1ccnc(Nc2ccccc2CC(N)=O)n1. The van der Waals surface area contributed by atoms with Crippen LogP contribution in [0.15, 0.2) is 54.7 Å². The fourth-order valence-electron chi connectivity index (χ4n) is 3.45. The number of anilines is 4. The molecule has 2 heterocycles. The van der Waals surface area contributed by atoms with Crippen molar-refractivity contribution in [1.82, 2.24) is 20.2 Å². The Bertz CT molecular complexity index is 1200. The third-order valence-electron chi connectivity index (χ3n) is 4.91. The van der Waals surface area contributed by atoms with E-state index >= 15 is 0 Å². The molecule has 0 spiro atoms. The van der Waals surface area contributed by atoms with Gasteiger partial charge in [-0.15, -0.1) is 0 Å². The fourth-order valence-corrected chi connectivity index (χ4v) is 3.45. The highest BCUT2D eigenvalue weighted by Gasteiger charge is 2.13. The van der Waals surface area contributed by atoms with Crippen molar-refractivity contribution in [2.45, 2.75) is 20.3 Å². The summed E-state index contributed by atoms with van der Waals surface area (Å²) >= 11 is 0. The van der Waals surface area contributed by atoms with Gasteiger partial charge in [-0.3, -0.25) is 9.89 Å². The number of fused-ring (bicyclic) bond motifs is 1. The van der Waals surface area contributed by atoms with Gasteiger partial charge in [0.15, 0.2) is 0 Å². The number of hydrogen-bond acceptors (Lipinski definition) is 6. The van der Waals surface area contributed by atoms with Crippen LogP contribution in [0, 0.1) is 6.92 Å². The summed E-state index contributed by atoms with van der Waals surface area (Å²) in [5.41, 5.74) is 9.88. The number of primary amides is 1. The molecule has 30 heavy (non-hydrogen) atoms. The fraction of sp³-hybridized carbons (Fsp3) is 0.182. The number of H-pyrrole nitrogens is 1. The van der Waals surface area contributed by atoms with E-state index < -0.39 is 0 Å². The predicted molar refractivity (Wildman–Crippen MR) is 118 cm³/mol. The Balaban J connectivity index is 1.64. The molecular formula is C22H23N7O. The summed E-state index contributed by atoms with van der Waals surface area (Å²) in [4.78, 5) is 22.5. The predicted octanol–water partition coefficient (Wildman–Crippen LogP) is 3.59. The standard InChI is InChI=1S/C22H23N7O/c1-3-29(16-8-9-17-14(2)27-28-19(17)13-16)21-10-11-24-22(26-21)25-18-7-5-4-6-15(18)12-20(23)30/h4-11,13H,3,12H2,1-2H3,(H2,23,30)(H,27,28)(H,24,25,26). The van der Waals surface area contributed by atoms with Gasteiger partial charge in [0.05, 0.1) is 17.6 Å². The maximum atomic E-state index is 11.4. The highest BCUT2D eigenvalue weighted by Crippen LogP contribution is 2.28. The number of amides is 1. The van der Waals surface area contributed by atoms with Gasteiger partial charge in [0.1, 0.15) is 5.82 Å². The number of carbonyl (C=O) groups is 1. The van der Waals surface area contributed by atoms with Crippen LogP contribution in [0.1, 0.15) is 18.2 Å². The number of aromatic nitrogens is 4. The number of nitrogens with two attached hydrogens (primary N) is 1. The molecule has 0 fully saturated rings. The van der Waals surface area contributed by atoms with Crippen molar-refractivity contribution in [3.8, 4) is 0 Å². The van der Waals surface area contributed by atoms with Gasteiger partial charge in [-0.2, -0.15) is 10.1 Å². The van der Waals surface area contributed by atoms with Crippen molar-refractivity contribution in [3.63, 3.8) is 0 Å². The third kappa shape index (κ3) is 3.93. The van der Waals surface area contributed by atoms with Crippen LogP contribution < -0.4 is 16.0 Å². The molecule has 0 saturated heterocycles. The normalized spacial score (nSPS) is 10.9. The van der Waals surface area contributed by atoms with Crippen LogP contribution in [0.4, 0.5) is 23.1 Å². The van der Waals surface area contributed by atoms with Crippen molar-refractivity contribution in [2.75, 3.05) is 16.8 Å². The first kappa shape index (κ1) is 19.4. The molecule has 0 saturated carbocycles. The quantitative estimate of drug-likeness (QED) is 0.436. The number of benzene rings is 2. The summed E-state index contributed by atoms with van der Waals surface area (Å²) in [6.07, 6.45) is 1.86. The maximum Gasteiger partial charge on any atom is 0.229 e. The monoisotopic (exact) mass is 401 g/mol. The molecule has 8 heteroatoms. The number of aryl methyl sites for hydroxylation is 1. The summed E-state index contributed by atoms with van der Waals surface area (Å²) in [5, 5.41) is 11.6. The molecule has 0 aliphatic rings. The lowest BCUT2D eigenvalue weighted by atomic mass is 10.1. The van der Waals surface area contributed by atoms with E-state index in [4.69, 9.17) is 5.73 Å². The molecule has 0 atom stereocenters. The van der Waals surface area contributed by atoms with Crippen LogP contribution >= 0.6 is 0 Å². The second-order valence-corrected chi connectivity index (χ2v) is 6.95. The summed E-state index contributed by atoms with van der Waals surface area (Å²) in [5.74, 6) is 0.819. The van der Waals surface area contributed by atoms with Crippen molar-refractivity contribution in [1.29, 1.82) is 0 Å². The Hall–Kier alpha value is -3.94. The van der Waals surface area contributed by atoms with Gasteiger partial charge >= 0.3 is 0 Å². The zero-order valence-electron chi connectivity index (χ0n) is 16.9. The molecule has 4 N–H and O–H groups in total. The summed E-state index contributed by atoms with van der Waals surface area (Å²) in [6, 6.07) is 15.5. The highest BCUT2D eigenvalue weighted by atomic mass is 16.1. The van der Waals surface area contributed by atoms with Crippen molar-refractivity contribution >= 4 is 40.0 Å². The number of para-hydroxylation sites is 1. The molecule has 8 nitrogen and oxygen atoms in total. The van der Waals surface area contributed by atoms with E-state index in [0.29, 0.717) is 5.95 Å². The molecule has 2 aromatic heterocycles. The molecule has 4 aromatic rings. The molecular weight excluding hydrogens is 378 g/mol. The van der Waals surface area contributed by atoms with Crippen molar-refractivity contribution in [2.24, 2.45) is 5.73 Å². The summed E-state index contributed by atoms with van der Waals surface area (Å²) in [7, 11) is 0. The van der Waals surface area contributed by atoms with Gasteiger partial charge in [-0.05, 0) is 49.7 Å². The number of nitrogens with one attached hydrogen (secondary N) is 2. The number of nitrogens with zero attached hydrogens (tertiary/aromatic N) is 4. The number of hydrogen-bond donors (Lipinski definition) is 3. The van der Waals surface area contributed by atoms with Crippen LogP contribution in [0.5, 0.6) is 0 Å². The first-order chi connectivity index (χ1) is 14.5.